The summed E-state index contributed by atoms with van der Waals surface area (Å²) in [6, 6.07) is 28.1. The predicted molar refractivity (Wildman–Crippen MR) is 120 cm³/mol. The summed E-state index contributed by atoms with van der Waals surface area (Å²) in [6.45, 7) is 5.20. The van der Waals surface area contributed by atoms with Gasteiger partial charge in [-0.25, -0.2) is 0 Å². The number of hydrogen-bond acceptors (Lipinski definition) is 3. The van der Waals surface area contributed by atoms with Gasteiger partial charge in [-0.3, -0.25) is 0 Å². The third-order valence-electron chi connectivity index (χ3n) is 5.04. The van der Waals surface area contributed by atoms with Crippen molar-refractivity contribution < 1.29 is 4.74 Å². The van der Waals surface area contributed by atoms with E-state index in [-0.39, 0.29) is 0 Å². The summed E-state index contributed by atoms with van der Waals surface area (Å²) in [6.07, 6.45) is 0. The lowest BCUT2D eigenvalue weighted by atomic mass is 10.1. The number of halogens is 1. The zero-order valence-electron chi connectivity index (χ0n) is 15.9. The van der Waals surface area contributed by atoms with Gasteiger partial charge in [-0.1, -0.05) is 76.6 Å². The monoisotopic (exact) mass is 436 g/mol. The maximum absolute atomic E-state index is 5.52. The molecule has 0 atom stereocenters. The fraction of sp³-hybridized carbons (Fsp3) is 0.250. The van der Waals surface area contributed by atoms with Crippen LogP contribution in [0.1, 0.15) is 11.1 Å². The molecule has 4 rings (SSSR count). The number of nitrogens with zero attached hydrogens (tertiary/aromatic N) is 2. The minimum Gasteiger partial charge on any atom is -0.378 e. The van der Waals surface area contributed by atoms with Gasteiger partial charge in [0, 0.05) is 42.0 Å². The number of ether oxygens (including phenoxy) is 1. The molecule has 0 spiro atoms. The van der Waals surface area contributed by atoms with Crippen molar-refractivity contribution in [3.8, 4) is 0 Å². The molecule has 3 aromatic carbocycles. The van der Waals surface area contributed by atoms with Crippen LogP contribution in [0.4, 0.5) is 11.4 Å². The quantitative estimate of drug-likeness (QED) is 0.507. The van der Waals surface area contributed by atoms with Gasteiger partial charge in [0.15, 0.2) is 0 Å². The summed E-state index contributed by atoms with van der Waals surface area (Å²) in [5.41, 5.74) is 5.10. The first-order chi connectivity index (χ1) is 13.8. The average Bonchev–Trinajstić information content (AvgIpc) is 2.75. The van der Waals surface area contributed by atoms with Crippen LogP contribution in [0, 0.1) is 0 Å². The SMILES string of the molecule is Brc1cc(N2CCOCC2)cc(N(Cc2ccccc2)Cc2ccccc2)c1. The van der Waals surface area contributed by atoms with E-state index in [1.54, 1.807) is 0 Å². The zero-order valence-corrected chi connectivity index (χ0v) is 17.5. The first-order valence-electron chi connectivity index (χ1n) is 9.74. The van der Waals surface area contributed by atoms with Gasteiger partial charge in [0.2, 0.25) is 0 Å². The molecule has 1 fully saturated rings. The van der Waals surface area contributed by atoms with Crippen molar-refractivity contribution in [2.75, 3.05) is 36.1 Å². The number of rotatable bonds is 6. The van der Waals surface area contributed by atoms with E-state index >= 15 is 0 Å². The maximum Gasteiger partial charge on any atom is 0.0642 e. The van der Waals surface area contributed by atoms with Gasteiger partial charge in [0.05, 0.1) is 13.2 Å². The average molecular weight is 437 g/mol. The van der Waals surface area contributed by atoms with Crippen molar-refractivity contribution in [1.29, 1.82) is 0 Å². The molecule has 1 heterocycles. The van der Waals surface area contributed by atoms with Crippen LogP contribution < -0.4 is 9.80 Å². The summed E-state index contributed by atoms with van der Waals surface area (Å²) in [5, 5.41) is 0. The first-order valence-corrected chi connectivity index (χ1v) is 10.5. The lowest BCUT2D eigenvalue weighted by Crippen LogP contribution is -2.36. The largest absolute Gasteiger partial charge is 0.378 e. The van der Waals surface area contributed by atoms with E-state index in [1.807, 2.05) is 0 Å². The van der Waals surface area contributed by atoms with E-state index in [0.29, 0.717) is 0 Å². The maximum atomic E-state index is 5.52. The fourth-order valence-corrected chi connectivity index (χ4v) is 4.06. The second-order valence-electron chi connectivity index (χ2n) is 7.09. The molecular weight excluding hydrogens is 412 g/mol. The molecule has 0 amide bonds. The van der Waals surface area contributed by atoms with Crippen molar-refractivity contribution in [2.24, 2.45) is 0 Å². The summed E-state index contributed by atoms with van der Waals surface area (Å²) in [7, 11) is 0. The molecule has 0 aromatic heterocycles. The van der Waals surface area contributed by atoms with Crippen LogP contribution in [0.2, 0.25) is 0 Å². The molecule has 0 unspecified atom stereocenters. The summed E-state index contributed by atoms with van der Waals surface area (Å²) >= 11 is 3.73. The molecule has 0 saturated carbocycles. The first kappa shape index (κ1) is 19.0. The Hall–Kier alpha value is -2.30. The minimum atomic E-state index is 0.791. The van der Waals surface area contributed by atoms with Gasteiger partial charge in [-0.15, -0.1) is 0 Å². The molecule has 28 heavy (non-hydrogen) atoms. The number of benzene rings is 3. The van der Waals surface area contributed by atoms with E-state index in [0.717, 1.165) is 43.9 Å². The minimum absolute atomic E-state index is 0.791. The molecule has 3 nitrogen and oxygen atoms in total. The van der Waals surface area contributed by atoms with Gasteiger partial charge in [0.1, 0.15) is 0 Å². The fourth-order valence-electron chi connectivity index (χ4n) is 3.59. The normalized spacial score (nSPS) is 14.1. The molecule has 1 aliphatic rings. The van der Waals surface area contributed by atoms with Crippen molar-refractivity contribution in [2.45, 2.75) is 13.1 Å². The Morgan fingerprint density at radius 2 is 1.36 bits per heavy atom. The van der Waals surface area contributed by atoms with Gasteiger partial charge in [-0.05, 0) is 29.3 Å². The van der Waals surface area contributed by atoms with E-state index in [9.17, 15) is 0 Å². The molecule has 0 aliphatic carbocycles. The van der Waals surface area contributed by atoms with Crippen molar-refractivity contribution >= 4 is 27.3 Å². The van der Waals surface area contributed by atoms with Crippen molar-refractivity contribution in [3.05, 3.63) is 94.5 Å². The van der Waals surface area contributed by atoms with Crippen molar-refractivity contribution in [3.63, 3.8) is 0 Å². The van der Waals surface area contributed by atoms with Crippen molar-refractivity contribution in [1.82, 2.24) is 0 Å². The Labute approximate surface area is 175 Å². The molecule has 0 bridgehead atoms. The van der Waals surface area contributed by atoms with E-state index in [4.69, 9.17) is 4.74 Å². The molecule has 0 N–H and O–H groups in total. The van der Waals surface area contributed by atoms with Crippen LogP contribution in [-0.2, 0) is 17.8 Å². The standard InChI is InChI=1S/C24H25BrN2O/c25-22-15-23(26-11-13-28-14-12-26)17-24(16-22)27(18-20-7-3-1-4-8-20)19-21-9-5-2-6-10-21/h1-10,15-17H,11-14,18-19H2. The predicted octanol–water partition coefficient (Wildman–Crippen LogP) is 5.49. The third kappa shape index (κ3) is 4.94. The van der Waals surface area contributed by atoms with Crippen LogP contribution in [0.15, 0.2) is 83.3 Å². The molecule has 1 aliphatic heterocycles. The lowest BCUT2D eigenvalue weighted by molar-refractivity contribution is 0.122. The summed E-state index contributed by atoms with van der Waals surface area (Å²) in [4.78, 5) is 4.85. The smallest absolute Gasteiger partial charge is 0.0642 e. The third-order valence-corrected chi connectivity index (χ3v) is 5.50. The van der Waals surface area contributed by atoms with E-state index in [2.05, 4.69) is 105 Å². The summed E-state index contributed by atoms with van der Waals surface area (Å²) in [5.74, 6) is 0. The van der Waals surface area contributed by atoms with Crippen LogP contribution in [0.25, 0.3) is 0 Å². The highest BCUT2D eigenvalue weighted by molar-refractivity contribution is 9.10. The molecule has 144 valence electrons. The van der Waals surface area contributed by atoms with Gasteiger partial charge in [0.25, 0.3) is 0 Å². The van der Waals surface area contributed by atoms with Crippen LogP contribution in [0.5, 0.6) is 0 Å². The Morgan fingerprint density at radius 1 is 0.786 bits per heavy atom. The molecule has 0 radical (unpaired) electrons. The number of morpholine rings is 1. The van der Waals surface area contributed by atoms with Crippen LogP contribution in [-0.4, -0.2) is 26.3 Å². The van der Waals surface area contributed by atoms with Gasteiger partial charge in [-0.2, -0.15) is 0 Å². The molecule has 1 saturated heterocycles. The second-order valence-corrected chi connectivity index (χ2v) is 8.01. The Morgan fingerprint density at radius 3 is 1.93 bits per heavy atom. The Balaban J connectivity index is 1.65. The Bertz CT molecular complexity index is 838. The number of anilines is 2. The zero-order chi connectivity index (χ0) is 19.2. The van der Waals surface area contributed by atoms with Gasteiger partial charge >= 0.3 is 0 Å². The molecule has 3 aromatic rings. The summed E-state index contributed by atoms with van der Waals surface area (Å²) < 4.78 is 6.63. The van der Waals surface area contributed by atoms with E-state index < -0.39 is 0 Å². The Kier molecular flexibility index (Phi) is 6.30. The van der Waals surface area contributed by atoms with Gasteiger partial charge < -0.3 is 14.5 Å². The van der Waals surface area contributed by atoms with Crippen LogP contribution >= 0.6 is 15.9 Å². The highest BCUT2D eigenvalue weighted by atomic mass is 79.9. The van der Waals surface area contributed by atoms with E-state index in [1.165, 1.54) is 22.5 Å². The molecular formula is C24H25BrN2O. The molecule has 4 heteroatoms. The topological polar surface area (TPSA) is 15.7 Å². The highest BCUT2D eigenvalue weighted by Crippen LogP contribution is 2.30. The lowest BCUT2D eigenvalue weighted by Gasteiger charge is -2.31. The highest BCUT2D eigenvalue weighted by Gasteiger charge is 2.15. The van der Waals surface area contributed by atoms with Crippen LogP contribution in [0.3, 0.4) is 0 Å². The number of hydrogen-bond donors (Lipinski definition) is 0. The second kappa shape index (κ2) is 9.26.